The van der Waals surface area contributed by atoms with Crippen LogP contribution in [0, 0.1) is 11.8 Å². The van der Waals surface area contributed by atoms with Crippen LogP contribution < -0.4 is 0 Å². The van der Waals surface area contributed by atoms with Crippen molar-refractivity contribution in [3.05, 3.63) is 35.4 Å². The third-order valence-corrected chi connectivity index (χ3v) is 6.03. The van der Waals surface area contributed by atoms with Crippen LogP contribution >= 0.6 is 0 Å². The summed E-state index contributed by atoms with van der Waals surface area (Å²) in [6.45, 7) is 9.12. The Labute approximate surface area is 157 Å². The molecule has 5 nitrogen and oxygen atoms in total. The van der Waals surface area contributed by atoms with Gasteiger partial charge in [0.15, 0.2) is 0 Å². The van der Waals surface area contributed by atoms with Gasteiger partial charge in [0.2, 0.25) is 0 Å². The zero-order valence-electron chi connectivity index (χ0n) is 16.2. The lowest BCUT2D eigenvalue weighted by Crippen LogP contribution is -2.36. The Morgan fingerprint density at radius 3 is 2.65 bits per heavy atom. The first kappa shape index (κ1) is 19.3. The number of likely N-dealkylation sites (tertiary alicyclic amines) is 1. The maximum atomic E-state index is 13.0. The van der Waals surface area contributed by atoms with Gasteiger partial charge in [0, 0.05) is 50.8 Å². The number of nitrogens with zero attached hydrogens (tertiary/aromatic N) is 3. The van der Waals surface area contributed by atoms with E-state index in [1.807, 2.05) is 29.2 Å². The van der Waals surface area contributed by atoms with Crippen molar-refractivity contribution in [1.29, 1.82) is 0 Å². The van der Waals surface area contributed by atoms with Crippen LogP contribution in [0.25, 0.3) is 0 Å². The van der Waals surface area contributed by atoms with E-state index in [4.69, 9.17) is 0 Å². The Morgan fingerprint density at radius 2 is 1.88 bits per heavy atom. The van der Waals surface area contributed by atoms with Crippen molar-refractivity contribution < 1.29 is 9.90 Å². The maximum absolute atomic E-state index is 13.0. The molecule has 2 fully saturated rings. The number of hydrogen-bond acceptors (Lipinski definition) is 4. The van der Waals surface area contributed by atoms with E-state index in [1.54, 1.807) is 0 Å². The Hall–Kier alpha value is -1.43. The van der Waals surface area contributed by atoms with Gasteiger partial charge in [0.1, 0.15) is 0 Å². The predicted octanol–water partition coefficient (Wildman–Crippen LogP) is 1.57. The molecule has 0 aliphatic carbocycles. The highest BCUT2D eigenvalue weighted by atomic mass is 16.3. The van der Waals surface area contributed by atoms with Gasteiger partial charge in [-0.3, -0.25) is 4.79 Å². The molecule has 1 N–H and O–H groups in total. The quantitative estimate of drug-likeness (QED) is 0.867. The van der Waals surface area contributed by atoms with Gasteiger partial charge in [0.05, 0.1) is 0 Å². The van der Waals surface area contributed by atoms with E-state index in [2.05, 4.69) is 23.8 Å². The van der Waals surface area contributed by atoms with Gasteiger partial charge in [-0.05, 0) is 50.5 Å². The van der Waals surface area contributed by atoms with Crippen molar-refractivity contribution in [2.24, 2.45) is 11.8 Å². The molecule has 2 saturated heterocycles. The molecule has 2 heterocycles. The molecule has 0 saturated carbocycles. The number of aliphatic hydroxyl groups is 1. The fourth-order valence-electron chi connectivity index (χ4n) is 4.34. The molecule has 2 aliphatic heterocycles. The maximum Gasteiger partial charge on any atom is 0.254 e. The van der Waals surface area contributed by atoms with Crippen LogP contribution in [-0.4, -0.2) is 85.2 Å². The number of aliphatic hydroxyl groups excluding tert-OH is 1. The highest BCUT2D eigenvalue weighted by Gasteiger charge is 2.36. The summed E-state index contributed by atoms with van der Waals surface area (Å²) in [4.78, 5) is 19.9. The fraction of sp³-hybridized carbons (Fsp3) is 0.667. The summed E-state index contributed by atoms with van der Waals surface area (Å²) in [6, 6.07) is 7.91. The van der Waals surface area contributed by atoms with E-state index in [0.717, 1.165) is 56.8 Å². The molecule has 1 amide bonds. The lowest BCUT2D eigenvalue weighted by molar-refractivity contribution is 0.0778. The van der Waals surface area contributed by atoms with Gasteiger partial charge in [-0.15, -0.1) is 0 Å². The minimum absolute atomic E-state index is 0.124. The third-order valence-electron chi connectivity index (χ3n) is 6.03. The number of hydrogen-bond donors (Lipinski definition) is 1. The van der Waals surface area contributed by atoms with Gasteiger partial charge in [0.25, 0.3) is 5.91 Å². The largest absolute Gasteiger partial charge is 0.396 e. The summed E-state index contributed by atoms with van der Waals surface area (Å²) in [7, 11) is 2.18. The first-order valence-corrected chi connectivity index (χ1v) is 10.0. The number of aryl methyl sites for hydroxylation is 1. The molecule has 0 spiro atoms. The monoisotopic (exact) mass is 359 g/mol. The van der Waals surface area contributed by atoms with Crippen LogP contribution in [0.5, 0.6) is 0 Å². The standard InChI is InChI=1S/C21H33N3O2/c1-3-17-7-4-5-8-20(17)21(26)24-14-18(19(15-24)16-25)13-23-10-6-9-22(2)11-12-23/h4-5,7-8,18-19,25H,3,6,9-16H2,1-2H3/t18-,19-/m1/s1. The summed E-state index contributed by atoms with van der Waals surface area (Å²) in [5, 5.41) is 9.87. The topological polar surface area (TPSA) is 47.0 Å². The molecule has 0 unspecified atom stereocenters. The van der Waals surface area contributed by atoms with E-state index in [-0.39, 0.29) is 18.4 Å². The van der Waals surface area contributed by atoms with Gasteiger partial charge in [-0.2, -0.15) is 0 Å². The number of likely N-dealkylation sites (N-methyl/N-ethyl adjacent to an activating group) is 1. The third kappa shape index (κ3) is 4.45. The highest BCUT2D eigenvalue weighted by Crippen LogP contribution is 2.27. The van der Waals surface area contributed by atoms with E-state index >= 15 is 0 Å². The van der Waals surface area contributed by atoms with Gasteiger partial charge >= 0.3 is 0 Å². The second kappa shape index (κ2) is 8.98. The van der Waals surface area contributed by atoms with E-state index in [1.165, 1.54) is 6.42 Å². The summed E-state index contributed by atoms with van der Waals surface area (Å²) in [6.07, 6.45) is 2.06. The zero-order valence-corrected chi connectivity index (χ0v) is 16.2. The van der Waals surface area contributed by atoms with E-state index < -0.39 is 0 Å². The molecular weight excluding hydrogens is 326 g/mol. The van der Waals surface area contributed by atoms with Crippen LogP contribution in [0.4, 0.5) is 0 Å². The molecule has 5 heteroatoms. The Kier molecular flexibility index (Phi) is 6.68. The Balaban J connectivity index is 1.65. The predicted molar refractivity (Wildman–Crippen MR) is 104 cm³/mol. The van der Waals surface area contributed by atoms with Crippen molar-refractivity contribution >= 4 is 5.91 Å². The van der Waals surface area contributed by atoms with Crippen LogP contribution in [-0.2, 0) is 6.42 Å². The molecule has 2 aliphatic rings. The molecule has 0 bridgehead atoms. The van der Waals surface area contributed by atoms with Crippen LogP contribution in [0.1, 0.15) is 29.3 Å². The highest BCUT2D eigenvalue weighted by molar-refractivity contribution is 5.95. The van der Waals surface area contributed by atoms with Crippen LogP contribution in [0.2, 0.25) is 0 Å². The number of amides is 1. The van der Waals surface area contributed by atoms with Crippen molar-refractivity contribution in [1.82, 2.24) is 14.7 Å². The summed E-state index contributed by atoms with van der Waals surface area (Å²) < 4.78 is 0. The van der Waals surface area contributed by atoms with Crippen LogP contribution in [0.15, 0.2) is 24.3 Å². The molecule has 1 aromatic rings. The molecule has 2 atom stereocenters. The van der Waals surface area contributed by atoms with Gasteiger partial charge < -0.3 is 19.8 Å². The first-order chi connectivity index (χ1) is 12.6. The minimum atomic E-state index is 0.124. The second-order valence-corrected chi connectivity index (χ2v) is 7.88. The SMILES string of the molecule is CCc1ccccc1C(=O)N1C[C@@H](CN2CCCN(C)CC2)[C@@H](CO)C1. The van der Waals surface area contributed by atoms with E-state index in [9.17, 15) is 9.90 Å². The number of carbonyl (C=O) groups is 1. The number of carbonyl (C=O) groups excluding carboxylic acids is 1. The van der Waals surface area contributed by atoms with Crippen molar-refractivity contribution in [2.75, 3.05) is 59.5 Å². The molecule has 0 aromatic heterocycles. The van der Waals surface area contributed by atoms with Gasteiger partial charge in [-0.25, -0.2) is 0 Å². The van der Waals surface area contributed by atoms with Crippen molar-refractivity contribution in [3.63, 3.8) is 0 Å². The van der Waals surface area contributed by atoms with Crippen LogP contribution in [0.3, 0.4) is 0 Å². The summed E-state index contributed by atoms with van der Waals surface area (Å²) in [5.41, 5.74) is 1.93. The lowest BCUT2D eigenvalue weighted by atomic mass is 9.96. The molecule has 26 heavy (non-hydrogen) atoms. The summed E-state index contributed by atoms with van der Waals surface area (Å²) >= 11 is 0. The number of rotatable bonds is 5. The molecule has 144 valence electrons. The Morgan fingerprint density at radius 1 is 1.12 bits per heavy atom. The molecule has 3 rings (SSSR count). The molecule has 1 aromatic carbocycles. The first-order valence-electron chi connectivity index (χ1n) is 10.0. The number of benzene rings is 1. The normalized spacial score (nSPS) is 25.4. The average molecular weight is 360 g/mol. The van der Waals surface area contributed by atoms with E-state index in [0.29, 0.717) is 12.5 Å². The Bertz CT molecular complexity index is 607. The zero-order chi connectivity index (χ0) is 18.5. The second-order valence-electron chi connectivity index (χ2n) is 7.88. The minimum Gasteiger partial charge on any atom is -0.396 e. The molecule has 0 radical (unpaired) electrons. The smallest absolute Gasteiger partial charge is 0.254 e. The van der Waals surface area contributed by atoms with Crippen molar-refractivity contribution in [3.8, 4) is 0 Å². The van der Waals surface area contributed by atoms with Crippen molar-refractivity contribution in [2.45, 2.75) is 19.8 Å². The molecular formula is C21H33N3O2. The fourth-order valence-corrected chi connectivity index (χ4v) is 4.34. The lowest BCUT2D eigenvalue weighted by Gasteiger charge is -2.26. The summed E-state index contributed by atoms with van der Waals surface area (Å²) in [5.74, 6) is 0.675. The van der Waals surface area contributed by atoms with Gasteiger partial charge in [-0.1, -0.05) is 25.1 Å². The average Bonchev–Trinajstić information content (AvgIpc) is 2.96.